The highest BCUT2D eigenvalue weighted by Crippen LogP contribution is 2.27. The number of hydrogen-bond acceptors (Lipinski definition) is 5. The molecule has 0 amide bonds. The SMILES string of the molecule is CN=C(NCCCc1ccc(OC)c(OC)c1)NC(C)CCS(C)(=O)=O.I. The lowest BCUT2D eigenvalue weighted by atomic mass is 10.1. The van der Waals surface area contributed by atoms with E-state index in [0.29, 0.717) is 12.4 Å². The highest BCUT2D eigenvalue weighted by Gasteiger charge is 2.09. The van der Waals surface area contributed by atoms with Crippen molar-refractivity contribution in [1.29, 1.82) is 0 Å². The largest absolute Gasteiger partial charge is 0.493 e. The Morgan fingerprint density at radius 2 is 1.89 bits per heavy atom. The fourth-order valence-corrected chi connectivity index (χ4v) is 3.21. The van der Waals surface area contributed by atoms with Gasteiger partial charge in [-0.25, -0.2) is 8.42 Å². The summed E-state index contributed by atoms with van der Waals surface area (Å²) in [4.78, 5) is 4.18. The smallest absolute Gasteiger partial charge is 0.191 e. The number of ether oxygens (including phenoxy) is 2. The molecule has 0 aromatic heterocycles. The number of methoxy groups -OCH3 is 2. The van der Waals surface area contributed by atoms with Crippen LogP contribution in [-0.2, 0) is 16.3 Å². The Morgan fingerprint density at radius 3 is 2.44 bits per heavy atom. The Hall–Kier alpha value is -1.23. The minimum atomic E-state index is -2.94. The average molecular weight is 513 g/mol. The van der Waals surface area contributed by atoms with Crippen LogP contribution in [0, 0.1) is 0 Å². The predicted molar refractivity (Wildman–Crippen MR) is 122 cm³/mol. The van der Waals surface area contributed by atoms with Crippen molar-refractivity contribution >= 4 is 39.8 Å². The summed E-state index contributed by atoms with van der Waals surface area (Å²) < 4.78 is 33.0. The Bertz CT molecular complexity index is 696. The maximum atomic E-state index is 11.2. The van der Waals surface area contributed by atoms with Gasteiger partial charge in [0.25, 0.3) is 0 Å². The number of halogens is 1. The van der Waals surface area contributed by atoms with Crippen LogP contribution >= 0.6 is 24.0 Å². The van der Waals surface area contributed by atoms with Crippen LogP contribution in [0.25, 0.3) is 0 Å². The monoisotopic (exact) mass is 513 g/mol. The van der Waals surface area contributed by atoms with Gasteiger partial charge in [-0.1, -0.05) is 6.07 Å². The Labute approximate surface area is 180 Å². The van der Waals surface area contributed by atoms with E-state index >= 15 is 0 Å². The standard InChI is InChI=1S/C18H31N3O4S.HI/c1-14(10-12-26(5,22)23)21-18(19-2)20-11-6-7-15-8-9-16(24-3)17(13-15)25-4;/h8-9,13-14H,6-7,10-12H2,1-5H3,(H2,19,20,21);1H. The molecule has 27 heavy (non-hydrogen) atoms. The molecule has 7 nitrogen and oxygen atoms in total. The van der Waals surface area contributed by atoms with Gasteiger partial charge in [0.15, 0.2) is 17.5 Å². The summed E-state index contributed by atoms with van der Waals surface area (Å²) in [5.74, 6) is 2.30. The van der Waals surface area contributed by atoms with Gasteiger partial charge in [-0.15, -0.1) is 24.0 Å². The fraction of sp³-hybridized carbons (Fsp3) is 0.611. The van der Waals surface area contributed by atoms with Crippen LogP contribution in [0.15, 0.2) is 23.2 Å². The number of aryl methyl sites for hydroxylation is 1. The zero-order valence-corrected chi connectivity index (χ0v) is 19.9. The first-order chi connectivity index (χ1) is 12.3. The van der Waals surface area contributed by atoms with Gasteiger partial charge in [-0.2, -0.15) is 0 Å². The topological polar surface area (TPSA) is 89.0 Å². The van der Waals surface area contributed by atoms with Crippen molar-refractivity contribution in [1.82, 2.24) is 10.6 Å². The molecule has 0 saturated carbocycles. The molecule has 0 heterocycles. The van der Waals surface area contributed by atoms with Gasteiger partial charge < -0.3 is 20.1 Å². The van der Waals surface area contributed by atoms with Crippen molar-refractivity contribution < 1.29 is 17.9 Å². The van der Waals surface area contributed by atoms with Crippen LogP contribution in [0.1, 0.15) is 25.3 Å². The molecule has 156 valence electrons. The molecule has 0 fully saturated rings. The number of nitrogens with one attached hydrogen (secondary N) is 2. The maximum Gasteiger partial charge on any atom is 0.191 e. The van der Waals surface area contributed by atoms with Gasteiger partial charge in [0.1, 0.15) is 9.84 Å². The Morgan fingerprint density at radius 1 is 1.22 bits per heavy atom. The maximum absolute atomic E-state index is 11.2. The Balaban J connectivity index is 0.00000676. The van der Waals surface area contributed by atoms with E-state index in [-0.39, 0.29) is 35.8 Å². The second kappa shape index (κ2) is 13.0. The second-order valence-electron chi connectivity index (χ2n) is 6.26. The molecule has 0 bridgehead atoms. The third kappa shape index (κ3) is 10.6. The summed E-state index contributed by atoms with van der Waals surface area (Å²) in [6.07, 6.45) is 3.62. The van der Waals surface area contributed by atoms with Gasteiger partial charge in [0.05, 0.1) is 20.0 Å². The quantitative estimate of drug-likeness (QED) is 0.216. The molecule has 1 unspecified atom stereocenters. The average Bonchev–Trinajstić information content (AvgIpc) is 2.61. The van der Waals surface area contributed by atoms with E-state index in [9.17, 15) is 8.42 Å². The molecule has 1 aromatic carbocycles. The summed E-state index contributed by atoms with van der Waals surface area (Å²) in [6.45, 7) is 2.70. The van der Waals surface area contributed by atoms with E-state index in [0.717, 1.165) is 30.9 Å². The summed E-state index contributed by atoms with van der Waals surface area (Å²) in [5, 5.41) is 6.46. The zero-order valence-electron chi connectivity index (χ0n) is 16.7. The Kier molecular flexibility index (Phi) is 12.4. The van der Waals surface area contributed by atoms with Crippen LogP contribution in [0.5, 0.6) is 11.5 Å². The molecule has 0 spiro atoms. The van der Waals surface area contributed by atoms with Gasteiger partial charge in [-0.3, -0.25) is 4.99 Å². The minimum Gasteiger partial charge on any atom is -0.493 e. The molecular weight excluding hydrogens is 481 g/mol. The summed E-state index contributed by atoms with van der Waals surface area (Å²) in [7, 11) is 2.01. The number of sulfone groups is 1. The number of guanidine groups is 1. The summed E-state index contributed by atoms with van der Waals surface area (Å²) in [5.41, 5.74) is 1.17. The van der Waals surface area contributed by atoms with Crippen molar-refractivity contribution in [3.05, 3.63) is 23.8 Å². The van der Waals surface area contributed by atoms with Crippen LogP contribution < -0.4 is 20.1 Å². The molecule has 1 aromatic rings. The number of hydrogen-bond donors (Lipinski definition) is 2. The predicted octanol–water partition coefficient (Wildman–Crippen LogP) is 2.24. The summed E-state index contributed by atoms with van der Waals surface area (Å²) in [6, 6.07) is 5.95. The lowest BCUT2D eigenvalue weighted by Crippen LogP contribution is -2.43. The van der Waals surface area contributed by atoms with Gasteiger partial charge in [0.2, 0.25) is 0 Å². The lowest BCUT2D eigenvalue weighted by Gasteiger charge is -2.17. The molecule has 1 atom stereocenters. The van der Waals surface area contributed by atoms with E-state index in [1.807, 2.05) is 25.1 Å². The molecule has 0 saturated heterocycles. The lowest BCUT2D eigenvalue weighted by molar-refractivity contribution is 0.354. The number of aliphatic imine (C=N–C) groups is 1. The van der Waals surface area contributed by atoms with Crippen LogP contribution in [0.4, 0.5) is 0 Å². The van der Waals surface area contributed by atoms with E-state index in [1.165, 1.54) is 11.8 Å². The molecule has 0 aliphatic heterocycles. The van der Waals surface area contributed by atoms with Crippen molar-refractivity contribution in [3.63, 3.8) is 0 Å². The highest BCUT2D eigenvalue weighted by molar-refractivity contribution is 14.0. The van der Waals surface area contributed by atoms with E-state index < -0.39 is 9.84 Å². The van der Waals surface area contributed by atoms with E-state index in [4.69, 9.17) is 9.47 Å². The van der Waals surface area contributed by atoms with Crippen molar-refractivity contribution in [2.75, 3.05) is 39.8 Å². The van der Waals surface area contributed by atoms with Crippen LogP contribution in [0.3, 0.4) is 0 Å². The minimum absolute atomic E-state index is 0. The molecule has 0 aliphatic carbocycles. The number of benzene rings is 1. The molecule has 0 radical (unpaired) electrons. The van der Waals surface area contributed by atoms with Crippen LogP contribution in [0.2, 0.25) is 0 Å². The van der Waals surface area contributed by atoms with E-state index in [1.54, 1.807) is 21.3 Å². The molecule has 1 rings (SSSR count). The molecule has 9 heteroatoms. The van der Waals surface area contributed by atoms with Gasteiger partial charge >= 0.3 is 0 Å². The molecular formula is C18H32IN3O4S. The van der Waals surface area contributed by atoms with Gasteiger partial charge in [-0.05, 0) is 43.9 Å². The first-order valence-corrected chi connectivity index (χ1v) is 10.7. The second-order valence-corrected chi connectivity index (χ2v) is 8.52. The third-order valence-electron chi connectivity index (χ3n) is 3.91. The van der Waals surface area contributed by atoms with Gasteiger partial charge in [0, 0.05) is 25.9 Å². The first-order valence-electron chi connectivity index (χ1n) is 8.65. The third-order valence-corrected chi connectivity index (χ3v) is 4.89. The first kappa shape index (κ1) is 25.8. The van der Waals surface area contributed by atoms with Crippen molar-refractivity contribution in [3.8, 4) is 11.5 Å². The number of rotatable bonds is 10. The summed E-state index contributed by atoms with van der Waals surface area (Å²) >= 11 is 0. The number of nitrogens with zero attached hydrogens (tertiary/aromatic N) is 1. The van der Waals surface area contributed by atoms with Crippen molar-refractivity contribution in [2.45, 2.75) is 32.2 Å². The van der Waals surface area contributed by atoms with Crippen LogP contribution in [-0.4, -0.2) is 60.2 Å². The van der Waals surface area contributed by atoms with Crippen molar-refractivity contribution in [2.24, 2.45) is 4.99 Å². The molecule has 2 N–H and O–H groups in total. The normalized spacial score (nSPS) is 12.7. The highest BCUT2D eigenvalue weighted by atomic mass is 127. The zero-order chi connectivity index (χ0) is 19.6. The fourth-order valence-electron chi connectivity index (χ4n) is 2.43. The molecule has 0 aliphatic rings. The van der Waals surface area contributed by atoms with E-state index in [2.05, 4.69) is 15.6 Å².